The van der Waals surface area contributed by atoms with Gasteiger partial charge in [0.25, 0.3) is 0 Å². The van der Waals surface area contributed by atoms with Crippen LogP contribution in [-0.2, 0) is 4.79 Å². The molecule has 0 spiro atoms. The fourth-order valence-corrected chi connectivity index (χ4v) is 3.83. The summed E-state index contributed by atoms with van der Waals surface area (Å²) in [6.45, 7) is 0.346. The third-order valence-corrected chi connectivity index (χ3v) is 5.61. The van der Waals surface area contributed by atoms with Gasteiger partial charge in [0.2, 0.25) is 34.9 Å². The molecular formula is C24H11Cl2F5O5. The van der Waals surface area contributed by atoms with Gasteiger partial charge in [-0.2, -0.15) is 8.78 Å². The molecule has 4 rings (SSSR count). The monoisotopic (exact) mass is 544 g/mol. The average molecular weight is 545 g/mol. The minimum atomic E-state index is -2.37. The summed E-state index contributed by atoms with van der Waals surface area (Å²) in [4.78, 5) is 24.9. The number of allylic oxidation sites excluding steroid dienone is 1. The number of Topliss-reactive ketones (excluding diaryl/α,β-unsaturated/α-hetero) is 1. The molecule has 5 nitrogen and oxygen atoms in total. The van der Waals surface area contributed by atoms with Crippen LogP contribution in [0.25, 0.3) is 6.08 Å². The highest BCUT2D eigenvalue weighted by molar-refractivity contribution is 6.37. The molecule has 0 aromatic heterocycles. The number of hydrogen-bond acceptors (Lipinski definition) is 5. The van der Waals surface area contributed by atoms with Gasteiger partial charge in [-0.05, 0) is 36.8 Å². The molecule has 0 N–H and O–H groups in total. The van der Waals surface area contributed by atoms with Crippen LogP contribution in [0.3, 0.4) is 0 Å². The van der Waals surface area contributed by atoms with Gasteiger partial charge in [0, 0.05) is 21.7 Å². The van der Waals surface area contributed by atoms with E-state index in [1.807, 2.05) is 0 Å². The lowest BCUT2D eigenvalue weighted by Gasteiger charge is -2.11. The van der Waals surface area contributed by atoms with Crippen LogP contribution < -0.4 is 14.2 Å². The zero-order chi connectivity index (χ0) is 26.3. The first-order valence-corrected chi connectivity index (χ1v) is 10.6. The zero-order valence-corrected chi connectivity index (χ0v) is 19.4. The fourth-order valence-electron chi connectivity index (χ4n) is 3.32. The normalized spacial score (nSPS) is 13.6. The highest BCUT2D eigenvalue weighted by Crippen LogP contribution is 2.39. The molecule has 3 aromatic rings. The molecule has 0 saturated heterocycles. The smallest absolute Gasteiger partial charge is 0.349 e. The molecule has 186 valence electrons. The van der Waals surface area contributed by atoms with Gasteiger partial charge in [-0.3, -0.25) is 4.79 Å². The Labute approximate surface area is 209 Å². The summed E-state index contributed by atoms with van der Waals surface area (Å²) in [5.41, 5.74) is 0.892. The number of carbonyl (C=O) groups is 2. The number of rotatable bonds is 5. The Bertz CT molecular complexity index is 1420. The Kier molecular flexibility index (Phi) is 6.92. The quantitative estimate of drug-likeness (QED) is 0.0904. The number of carbonyl (C=O) groups excluding carboxylic acids is 2. The van der Waals surface area contributed by atoms with Gasteiger partial charge in [-0.15, -0.1) is 0 Å². The van der Waals surface area contributed by atoms with E-state index in [9.17, 15) is 31.5 Å². The number of esters is 1. The van der Waals surface area contributed by atoms with Gasteiger partial charge < -0.3 is 14.2 Å². The second-order valence-electron chi connectivity index (χ2n) is 7.35. The van der Waals surface area contributed by atoms with E-state index in [0.29, 0.717) is 11.1 Å². The molecule has 0 atom stereocenters. The van der Waals surface area contributed by atoms with Gasteiger partial charge >= 0.3 is 5.97 Å². The predicted molar refractivity (Wildman–Crippen MR) is 118 cm³/mol. The Hall–Kier alpha value is -3.63. The van der Waals surface area contributed by atoms with Crippen molar-refractivity contribution < 1.29 is 45.8 Å². The second-order valence-corrected chi connectivity index (χ2v) is 8.16. The highest BCUT2D eigenvalue weighted by atomic mass is 35.5. The summed E-state index contributed by atoms with van der Waals surface area (Å²) in [5, 5.41) is 0.560. The molecule has 1 aliphatic heterocycles. The fraction of sp³-hybridized carbons (Fsp3) is 0.0833. The van der Waals surface area contributed by atoms with E-state index in [0.717, 1.165) is 0 Å². The summed E-state index contributed by atoms with van der Waals surface area (Å²) >= 11 is 12.3. The Balaban J connectivity index is 1.52. The average Bonchev–Trinajstić information content (AvgIpc) is 3.14. The SMILES string of the molecule is Cc1cc(OC(=O)COc2c(F)c(F)c(F)c(F)c2F)cc2c1C(=O)/C(=C/c1c(Cl)cccc1Cl)O2. The molecule has 0 amide bonds. The third kappa shape index (κ3) is 4.61. The minimum absolute atomic E-state index is 0.0397. The van der Waals surface area contributed by atoms with Gasteiger partial charge in [-0.1, -0.05) is 29.3 Å². The van der Waals surface area contributed by atoms with Crippen LogP contribution in [0, 0.1) is 36.0 Å². The number of aryl methyl sites for hydroxylation is 1. The van der Waals surface area contributed by atoms with Crippen molar-refractivity contribution in [2.24, 2.45) is 0 Å². The number of benzene rings is 3. The van der Waals surface area contributed by atoms with Crippen molar-refractivity contribution in [3.63, 3.8) is 0 Å². The van der Waals surface area contributed by atoms with Crippen molar-refractivity contribution in [2.75, 3.05) is 6.61 Å². The Morgan fingerprint density at radius 1 is 0.972 bits per heavy atom. The van der Waals surface area contributed by atoms with E-state index in [1.54, 1.807) is 18.2 Å². The third-order valence-electron chi connectivity index (χ3n) is 4.95. The van der Waals surface area contributed by atoms with Crippen molar-refractivity contribution in [1.29, 1.82) is 0 Å². The molecule has 1 heterocycles. The highest BCUT2D eigenvalue weighted by Gasteiger charge is 2.31. The van der Waals surface area contributed by atoms with Crippen LogP contribution in [0.4, 0.5) is 22.0 Å². The van der Waals surface area contributed by atoms with E-state index in [4.69, 9.17) is 32.7 Å². The molecule has 0 radical (unpaired) electrons. The largest absolute Gasteiger partial charge is 0.476 e. The number of ketones is 1. The molecule has 0 unspecified atom stereocenters. The first-order valence-electron chi connectivity index (χ1n) is 9.87. The van der Waals surface area contributed by atoms with Gasteiger partial charge in [0.05, 0.1) is 5.56 Å². The van der Waals surface area contributed by atoms with E-state index in [-0.39, 0.29) is 32.9 Å². The van der Waals surface area contributed by atoms with Crippen LogP contribution >= 0.6 is 23.2 Å². The minimum Gasteiger partial charge on any atom is -0.476 e. The zero-order valence-electron chi connectivity index (χ0n) is 17.9. The van der Waals surface area contributed by atoms with Crippen LogP contribution in [-0.4, -0.2) is 18.4 Å². The summed E-state index contributed by atoms with van der Waals surface area (Å²) in [7, 11) is 0. The number of halogens is 7. The second kappa shape index (κ2) is 9.79. The first-order chi connectivity index (χ1) is 17.0. The number of hydrogen-bond donors (Lipinski definition) is 0. The maximum atomic E-state index is 13.7. The molecule has 12 heteroatoms. The molecule has 1 aliphatic rings. The lowest BCUT2D eigenvalue weighted by molar-refractivity contribution is -0.136. The van der Waals surface area contributed by atoms with Crippen molar-refractivity contribution in [2.45, 2.75) is 6.92 Å². The topological polar surface area (TPSA) is 61.8 Å². The Morgan fingerprint density at radius 2 is 1.56 bits per heavy atom. The van der Waals surface area contributed by atoms with Gasteiger partial charge in [0.15, 0.2) is 18.1 Å². The lowest BCUT2D eigenvalue weighted by Crippen LogP contribution is -2.19. The molecule has 0 aliphatic carbocycles. The van der Waals surface area contributed by atoms with Crippen molar-refractivity contribution >= 4 is 41.0 Å². The maximum Gasteiger partial charge on any atom is 0.349 e. The summed E-state index contributed by atoms with van der Waals surface area (Å²) < 4.78 is 82.1. The van der Waals surface area contributed by atoms with E-state index in [2.05, 4.69) is 4.74 Å². The number of fused-ring (bicyclic) bond motifs is 1. The van der Waals surface area contributed by atoms with Crippen molar-refractivity contribution in [1.82, 2.24) is 0 Å². The molecule has 3 aromatic carbocycles. The molecule has 0 saturated carbocycles. The van der Waals surface area contributed by atoms with Crippen molar-refractivity contribution in [3.05, 3.63) is 91.9 Å². The molecular weight excluding hydrogens is 534 g/mol. The predicted octanol–water partition coefficient (Wildman–Crippen LogP) is 6.60. The van der Waals surface area contributed by atoms with E-state index >= 15 is 0 Å². The van der Waals surface area contributed by atoms with E-state index < -0.39 is 53.2 Å². The van der Waals surface area contributed by atoms with Crippen LogP contribution in [0.1, 0.15) is 21.5 Å². The van der Waals surface area contributed by atoms with Crippen LogP contribution in [0.5, 0.6) is 17.2 Å². The maximum absolute atomic E-state index is 13.7. The Morgan fingerprint density at radius 3 is 2.17 bits per heavy atom. The van der Waals surface area contributed by atoms with Crippen LogP contribution in [0.15, 0.2) is 36.1 Å². The molecule has 0 bridgehead atoms. The first kappa shape index (κ1) is 25.5. The van der Waals surface area contributed by atoms with Crippen LogP contribution in [0.2, 0.25) is 10.0 Å². The molecule has 36 heavy (non-hydrogen) atoms. The van der Waals surface area contributed by atoms with Crippen molar-refractivity contribution in [3.8, 4) is 17.2 Å². The molecule has 0 fully saturated rings. The van der Waals surface area contributed by atoms with Gasteiger partial charge in [-0.25, -0.2) is 18.0 Å². The summed E-state index contributed by atoms with van der Waals surface area (Å²) in [6.07, 6.45) is 1.36. The van der Waals surface area contributed by atoms with Gasteiger partial charge in [0.1, 0.15) is 11.5 Å². The summed E-state index contributed by atoms with van der Waals surface area (Å²) in [6, 6.07) is 7.28. The standard InChI is InChI=1S/C24H11Cl2F5O5/c1-9-5-10(35-16(32)8-34-24-21(30)19(28)18(27)20(29)22(24)31)6-14-17(9)23(33)15(36-14)7-11-12(25)3-2-4-13(11)26/h2-7H,8H2,1H3/b15-7-. The van der Waals surface area contributed by atoms with E-state index in [1.165, 1.54) is 25.1 Å². The number of ether oxygens (including phenoxy) is 3. The lowest BCUT2D eigenvalue weighted by atomic mass is 10.0. The summed E-state index contributed by atoms with van der Waals surface area (Å²) in [5.74, 6) is -14.8.